The fraction of sp³-hybridized carbons (Fsp3) is 0.0714. The minimum absolute atomic E-state index is 0.311. The lowest BCUT2D eigenvalue weighted by atomic mass is 9.99. The van der Waals surface area contributed by atoms with Gasteiger partial charge in [0.15, 0.2) is 0 Å². The van der Waals surface area contributed by atoms with Gasteiger partial charge in [0.25, 0.3) is 5.91 Å². The van der Waals surface area contributed by atoms with Gasteiger partial charge in [-0.25, -0.2) is 4.98 Å². The highest BCUT2D eigenvalue weighted by Crippen LogP contribution is 2.42. The molecule has 5 nitrogen and oxygen atoms in total. The monoisotopic (exact) mass is 533 g/mol. The molecule has 0 unspecified atom stereocenters. The second-order valence-corrected chi connectivity index (χ2v) is 10.1. The van der Waals surface area contributed by atoms with Crippen LogP contribution < -0.4 is 15.8 Å². The number of halogens is 2. The van der Waals surface area contributed by atoms with Crippen LogP contribution in [0.2, 0.25) is 10.0 Å². The van der Waals surface area contributed by atoms with Crippen molar-refractivity contribution >= 4 is 62.0 Å². The zero-order valence-corrected chi connectivity index (χ0v) is 21.8. The first-order valence-corrected chi connectivity index (χ1v) is 12.6. The topological polar surface area (TPSA) is 77.2 Å². The molecule has 8 heteroatoms. The molecule has 0 aliphatic rings. The lowest BCUT2D eigenvalue weighted by molar-refractivity contribution is 0.103. The Morgan fingerprint density at radius 3 is 2.31 bits per heavy atom. The van der Waals surface area contributed by atoms with E-state index in [4.69, 9.17) is 38.7 Å². The Morgan fingerprint density at radius 1 is 0.944 bits per heavy atom. The quantitative estimate of drug-likeness (QED) is 0.239. The molecule has 36 heavy (non-hydrogen) atoms. The molecular weight excluding hydrogens is 513 g/mol. The van der Waals surface area contributed by atoms with Crippen molar-refractivity contribution < 1.29 is 9.53 Å². The van der Waals surface area contributed by atoms with E-state index in [1.165, 1.54) is 11.3 Å². The Kier molecular flexibility index (Phi) is 6.58. The highest BCUT2D eigenvalue weighted by Gasteiger charge is 2.22. The Bertz CT molecular complexity index is 1600. The number of nitrogens with two attached hydrogens (primary N) is 1. The fourth-order valence-electron chi connectivity index (χ4n) is 3.96. The van der Waals surface area contributed by atoms with Crippen LogP contribution in [0.3, 0.4) is 0 Å². The molecule has 3 N–H and O–H groups in total. The Balaban J connectivity index is 1.66. The summed E-state index contributed by atoms with van der Waals surface area (Å²) < 4.78 is 5.29. The van der Waals surface area contributed by atoms with E-state index in [9.17, 15) is 4.79 Å². The lowest BCUT2D eigenvalue weighted by Crippen LogP contribution is -2.12. The highest BCUT2D eigenvalue weighted by atomic mass is 35.5. The number of anilines is 2. The van der Waals surface area contributed by atoms with Gasteiger partial charge in [0.1, 0.15) is 15.5 Å². The van der Waals surface area contributed by atoms with Crippen LogP contribution in [0.5, 0.6) is 5.75 Å². The Morgan fingerprint density at radius 2 is 1.61 bits per heavy atom. The van der Waals surface area contributed by atoms with Crippen LogP contribution in [-0.4, -0.2) is 18.0 Å². The van der Waals surface area contributed by atoms with E-state index in [2.05, 4.69) is 5.32 Å². The summed E-state index contributed by atoms with van der Waals surface area (Å²) in [6, 6.07) is 22.5. The second-order valence-electron chi connectivity index (χ2n) is 8.23. The van der Waals surface area contributed by atoms with Gasteiger partial charge in [-0.05, 0) is 78.2 Å². The van der Waals surface area contributed by atoms with Gasteiger partial charge in [-0.15, -0.1) is 11.3 Å². The predicted molar refractivity (Wildman–Crippen MR) is 151 cm³/mol. The van der Waals surface area contributed by atoms with Crippen LogP contribution in [0.15, 0.2) is 72.8 Å². The van der Waals surface area contributed by atoms with Crippen molar-refractivity contribution in [2.75, 3.05) is 18.2 Å². The third-order valence-electron chi connectivity index (χ3n) is 5.89. The smallest absolute Gasteiger partial charge is 0.267 e. The van der Waals surface area contributed by atoms with Crippen molar-refractivity contribution in [3.8, 4) is 28.1 Å². The average molecular weight is 534 g/mol. The number of nitrogens with one attached hydrogen (secondary N) is 1. The molecule has 0 aliphatic carbocycles. The van der Waals surface area contributed by atoms with E-state index in [0.29, 0.717) is 31.1 Å². The van der Waals surface area contributed by atoms with Crippen LogP contribution in [0.4, 0.5) is 11.4 Å². The zero-order valence-electron chi connectivity index (χ0n) is 19.4. The summed E-state index contributed by atoms with van der Waals surface area (Å²) in [5, 5.41) is 4.84. The minimum atomic E-state index is -0.311. The van der Waals surface area contributed by atoms with Crippen molar-refractivity contribution in [1.82, 2.24) is 4.98 Å². The van der Waals surface area contributed by atoms with E-state index >= 15 is 0 Å². The maximum absolute atomic E-state index is 13.3. The number of ether oxygens (including phenoxy) is 1. The lowest BCUT2D eigenvalue weighted by Gasteiger charge is -2.10. The van der Waals surface area contributed by atoms with Crippen LogP contribution >= 0.6 is 34.5 Å². The van der Waals surface area contributed by atoms with Crippen LogP contribution in [0.1, 0.15) is 15.2 Å². The SMILES string of the molecule is COc1ccc(-c2cc(-c3ccc(Cl)cc3)c3c(N)c(C(=O)Nc4cc(Cl)ccc4C)sc3n2)cc1. The van der Waals surface area contributed by atoms with Crippen molar-refractivity contribution in [3.63, 3.8) is 0 Å². The Labute approximate surface area is 222 Å². The third kappa shape index (κ3) is 4.63. The van der Waals surface area contributed by atoms with Crippen molar-refractivity contribution in [3.05, 3.63) is 93.3 Å². The van der Waals surface area contributed by atoms with Gasteiger partial charge in [-0.2, -0.15) is 0 Å². The van der Waals surface area contributed by atoms with Crippen molar-refractivity contribution in [1.29, 1.82) is 0 Å². The summed E-state index contributed by atoms with van der Waals surface area (Å²) in [7, 11) is 1.63. The van der Waals surface area contributed by atoms with Crippen LogP contribution in [0.25, 0.3) is 32.6 Å². The van der Waals surface area contributed by atoms with E-state index in [1.807, 2.05) is 67.6 Å². The summed E-state index contributed by atoms with van der Waals surface area (Å²) in [4.78, 5) is 19.2. The molecule has 0 spiro atoms. The van der Waals surface area contributed by atoms with Gasteiger partial charge in [0, 0.05) is 26.7 Å². The largest absolute Gasteiger partial charge is 0.497 e. The molecule has 2 aromatic heterocycles. The molecule has 0 saturated heterocycles. The molecule has 1 amide bonds. The molecule has 3 aromatic carbocycles. The number of nitrogen functional groups attached to an aromatic ring is 1. The number of hydrogen-bond donors (Lipinski definition) is 2. The van der Waals surface area contributed by atoms with E-state index in [-0.39, 0.29) is 5.91 Å². The first-order valence-electron chi connectivity index (χ1n) is 11.0. The number of thiophene rings is 1. The van der Waals surface area contributed by atoms with Gasteiger partial charge in [-0.1, -0.05) is 41.4 Å². The number of benzene rings is 3. The summed E-state index contributed by atoms with van der Waals surface area (Å²) in [6.07, 6.45) is 0. The maximum atomic E-state index is 13.3. The van der Waals surface area contributed by atoms with Crippen LogP contribution in [0, 0.1) is 6.92 Å². The number of aryl methyl sites for hydroxylation is 1. The van der Waals surface area contributed by atoms with E-state index in [1.54, 1.807) is 19.2 Å². The standard InChI is InChI=1S/C28H21Cl2N3O2S/c1-15-3-8-19(30)13-22(15)32-27(34)26-25(31)24-21(16-4-9-18(29)10-5-16)14-23(33-28(24)36-26)17-6-11-20(35-2)12-7-17/h3-14H,31H2,1-2H3,(H,32,34). The number of hydrogen-bond acceptors (Lipinski definition) is 5. The molecule has 2 heterocycles. The summed E-state index contributed by atoms with van der Waals surface area (Å²) >= 11 is 13.5. The molecule has 0 aliphatic heterocycles. The number of fused-ring (bicyclic) bond motifs is 1. The van der Waals surface area contributed by atoms with Crippen molar-refractivity contribution in [2.45, 2.75) is 6.92 Å². The third-order valence-corrected chi connectivity index (χ3v) is 7.48. The van der Waals surface area contributed by atoms with E-state index in [0.717, 1.165) is 39.1 Å². The van der Waals surface area contributed by atoms with Gasteiger partial charge in [0.05, 0.1) is 18.5 Å². The maximum Gasteiger partial charge on any atom is 0.267 e. The molecule has 180 valence electrons. The van der Waals surface area contributed by atoms with Gasteiger partial charge >= 0.3 is 0 Å². The highest BCUT2D eigenvalue weighted by molar-refractivity contribution is 7.21. The number of rotatable bonds is 5. The molecule has 0 bridgehead atoms. The second kappa shape index (κ2) is 9.82. The Hall–Kier alpha value is -3.58. The average Bonchev–Trinajstić information content (AvgIpc) is 3.22. The number of aromatic nitrogens is 1. The first-order chi connectivity index (χ1) is 17.3. The molecule has 0 fully saturated rings. The number of amides is 1. The number of pyridine rings is 1. The molecule has 5 rings (SSSR count). The van der Waals surface area contributed by atoms with Crippen LogP contribution in [-0.2, 0) is 0 Å². The summed E-state index contributed by atoms with van der Waals surface area (Å²) in [5.41, 5.74) is 12.0. The normalized spacial score (nSPS) is 11.0. The number of carbonyl (C=O) groups excluding carboxylic acids is 1. The molecular formula is C28H21Cl2N3O2S. The zero-order chi connectivity index (χ0) is 25.4. The first kappa shape index (κ1) is 24.1. The van der Waals surface area contributed by atoms with Gasteiger partial charge in [-0.3, -0.25) is 4.79 Å². The predicted octanol–water partition coefficient (Wildman–Crippen LogP) is 8.09. The summed E-state index contributed by atoms with van der Waals surface area (Å²) in [5.74, 6) is 0.447. The van der Waals surface area contributed by atoms with Crippen molar-refractivity contribution in [2.24, 2.45) is 0 Å². The van der Waals surface area contributed by atoms with Gasteiger partial charge < -0.3 is 15.8 Å². The molecule has 5 aromatic rings. The minimum Gasteiger partial charge on any atom is -0.497 e. The number of nitrogens with zero attached hydrogens (tertiary/aromatic N) is 1. The molecule has 0 radical (unpaired) electrons. The fourth-order valence-corrected chi connectivity index (χ4v) is 5.28. The molecule has 0 atom stereocenters. The van der Waals surface area contributed by atoms with E-state index < -0.39 is 0 Å². The summed E-state index contributed by atoms with van der Waals surface area (Å²) in [6.45, 7) is 1.90. The molecule has 0 saturated carbocycles. The van der Waals surface area contributed by atoms with Gasteiger partial charge in [0.2, 0.25) is 0 Å². The number of methoxy groups -OCH3 is 1. The number of carbonyl (C=O) groups is 1.